The Balaban J connectivity index is 1.73. The third-order valence-electron chi connectivity index (χ3n) is 3.19. The molecule has 1 aromatic carbocycles. The molecule has 0 saturated carbocycles. The van der Waals surface area contributed by atoms with Gasteiger partial charge in [0.2, 0.25) is 0 Å². The normalized spacial score (nSPS) is 10.3. The summed E-state index contributed by atoms with van der Waals surface area (Å²) in [4.78, 5) is 15.6. The van der Waals surface area contributed by atoms with Gasteiger partial charge in [-0.25, -0.2) is 14.5 Å². The van der Waals surface area contributed by atoms with Crippen molar-refractivity contribution in [3.8, 4) is 11.4 Å². The van der Waals surface area contributed by atoms with Crippen LogP contribution in [0.2, 0.25) is 0 Å². The minimum atomic E-state index is -0.532. The predicted molar refractivity (Wildman–Crippen MR) is 83.5 cm³/mol. The Hall–Kier alpha value is -3.15. The van der Waals surface area contributed by atoms with Crippen molar-refractivity contribution in [2.24, 2.45) is 0 Å². The molecule has 3 rings (SSSR count). The maximum absolute atomic E-state index is 11.7. The van der Waals surface area contributed by atoms with Crippen LogP contribution in [-0.4, -0.2) is 27.8 Å². The molecule has 0 atom stereocenters. The van der Waals surface area contributed by atoms with Crippen LogP contribution in [0.4, 0.5) is 0 Å². The van der Waals surface area contributed by atoms with Gasteiger partial charge in [-0.1, -0.05) is 18.2 Å². The average molecular weight is 309 g/mol. The number of methoxy groups -OCH3 is 1. The van der Waals surface area contributed by atoms with Crippen molar-refractivity contribution in [2.75, 3.05) is 7.11 Å². The van der Waals surface area contributed by atoms with Crippen LogP contribution in [-0.2, 0) is 11.3 Å². The third kappa shape index (κ3) is 3.37. The number of hydrogen-bond donors (Lipinski definition) is 0. The molecule has 0 fully saturated rings. The zero-order chi connectivity index (χ0) is 16.1. The van der Waals surface area contributed by atoms with E-state index >= 15 is 0 Å². The van der Waals surface area contributed by atoms with E-state index in [-0.39, 0.29) is 12.3 Å². The summed E-state index contributed by atoms with van der Waals surface area (Å²) in [5, 5.41) is 4.45. The van der Waals surface area contributed by atoms with Crippen molar-refractivity contribution >= 4 is 5.97 Å². The second kappa shape index (κ2) is 6.74. The van der Waals surface area contributed by atoms with Gasteiger partial charge in [-0.2, -0.15) is 5.10 Å². The molecule has 23 heavy (non-hydrogen) atoms. The lowest BCUT2D eigenvalue weighted by Gasteiger charge is -2.07. The number of hydrogen-bond acceptors (Lipinski definition) is 5. The second-order valence-corrected chi connectivity index (χ2v) is 4.72. The summed E-state index contributed by atoms with van der Waals surface area (Å²) in [7, 11) is 1.31. The second-order valence-electron chi connectivity index (χ2n) is 4.72. The molecule has 2 aromatic heterocycles. The molecule has 0 aliphatic rings. The van der Waals surface area contributed by atoms with Gasteiger partial charge in [-0.15, -0.1) is 0 Å². The minimum absolute atomic E-state index is 0.150. The van der Waals surface area contributed by atoms with Crippen LogP contribution in [0.15, 0.2) is 60.9 Å². The predicted octanol–water partition coefficient (Wildman–Crippen LogP) is 2.63. The van der Waals surface area contributed by atoms with Crippen molar-refractivity contribution in [3.63, 3.8) is 0 Å². The van der Waals surface area contributed by atoms with Gasteiger partial charge in [0.15, 0.2) is 11.4 Å². The van der Waals surface area contributed by atoms with Gasteiger partial charge in [0.1, 0.15) is 12.3 Å². The van der Waals surface area contributed by atoms with E-state index in [1.54, 1.807) is 16.8 Å². The number of nitrogens with zero attached hydrogens (tertiary/aromatic N) is 3. The summed E-state index contributed by atoms with van der Waals surface area (Å²) in [6, 6.07) is 15.0. The highest BCUT2D eigenvalue weighted by Crippen LogP contribution is 2.17. The van der Waals surface area contributed by atoms with Gasteiger partial charge < -0.3 is 9.47 Å². The largest absolute Gasteiger partial charge is 0.485 e. The molecule has 0 N–H and O–H groups in total. The Labute approximate surface area is 133 Å². The standard InChI is InChI=1S/C17H15N3O3/c1-22-17(21)16-15(8-5-10-18-16)23-12-13-9-11-20(19-13)14-6-3-2-4-7-14/h2-11H,12H2,1H3. The number of pyridine rings is 1. The number of esters is 1. The van der Waals surface area contributed by atoms with Crippen LogP contribution in [0.5, 0.6) is 5.75 Å². The lowest BCUT2D eigenvalue weighted by molar-refractivity contribution is 0.0588. The minimum Gasteiger partial charge on any atom is -0.485 e. The Bertz CT molecular complexity index is 800. The summed E-state index contributed by atoms with van der Waals surface area (Å²) in [5.41, 5.74) is 1.86. The van der Waals surface area contributed by atoms with E-state index in [1.165, 1.54) is 13.3 Å². The van der Waals surface area contributed by atoms with Crippen LogP contribution in [0, 0.1) is 0 Å². The average Bonchev–Trinajstić information content (AvgIpc) is 3.09. The molecule has 0 radical (unpaired) electrons. The van der Waals surface area contributed by atoms with E-state index < -0.39 is 5.97 Å². The first-order chi connectivity index (χ1) is 11.3. The lowest BCUT2D eigenvalue weighted by Crippen LogP contribution is -2.08. The van der Waals surface area contributed by atoms with Gasteiger partial charge in [0.05, 0.1) is 12.8 Å². The van der Waals surface area contributed by atoms with Crippen molar-refractivity contribution in [1.82, 2.24) is 14.8 Å². The zero-order valence-electron chi connectivity index (χ0n) is 12.5. The number of carbonyl (C=O) groups is 1. The maximum Gasteiger partial charge on any atom is 0.360 e. The smallest absolute Gasteiger partial charge is 0.360 e. The third-order valence-corrected chi connectivity index (χ3v) is 3.19. The molecular weight excluding hydrogens is 294 g/mol. The van der Waals surface area contributed by atoms with Gasteiger partial charge >= 0.3 is 5.97 Å². The fraction of sp³-hybridized carbons (Fsp3) is 0.118. The van der Waals surface area contributed by atoms with Crippen molar-refractivity contribution < 1.29 is 14.3 Å². The number of benzene rings is 1. The highest BCUT2D eigenvalue weighted by molar-refractivity contribution is 5.90. The molecule has 0 saturated heterocycles. The fourth-order valence-corrected chi connectivity index (χ4v) is 2.07. The topological polar surface area (TPSA) is 66.2 Å². The van der Waals surface area contributed by atoms with E-state index in [9.17, 15) is 4.79 Å². The zero-order valence-corrected chi connectivity index (χ0v) is 12.5. The summed E-state index contributed by atoms with van der Waals surface area (Å²) < 4.78 is 12.1. The first-order valence-electron chi connectivity index (χ1n) is 7.04. The van der Waals surface area contributed by atoms with Crippen molar-refractivity contribution in [2.45, 2.75) is 6.61 Å². The lowest BCUT2D eigenvalue weighted by atomic mass is 10.3. The van der Waals surface area contributed by atoms with Gasteiger partial charge in [-0.05, 0) is 30.3 Å². The maximum atomic E-state index is 11.7. The van der Waals surface area contributed by atoms with Crippen LogP contribution >= 0.6 is 0 Å². The number of carbonyl (C=O) groups excluding carboxylic acids is 1. The number of para-hydroxylation sites is 1. The molecule has 2 heterocycles. The van der Waals surface area contributed by atoms with Gasteiger partial charge in [0.25, 0.3) is 0 Å². The van der Waals surface area contributed by atoms with E-state index in [4.69, 9.17) is 4.74 Å². The number of ether oxygens (including phenoxy) is 2. The summed E-state index contributed by atoms with van der Waals surface area (Å²) in [6.07, 6.45) is 3.38. The van der Waals surface area contributed by atoms with Crippen LogP contribution in [0.3, 0.4) is 0 Å². The number of rotatable bonds is 5. The molecule has 0 amide bonds. The molecule has 0 aliphatic heterocycles. The highest BCUT2D eigenvalue weighted by Gasteiger charge is 2.14. The van der Waals surface area contributed by atoms with Crippen molar-refractivity contribution in [1.29, 1.82) is 0 Å². The molecule has 3 aromatic rings. The van der Waals surface area contributed by atoms with E-state index in [0.29, 0.717) is 5.75 Å². The SMILES string of the molecule is COC(=O)c1ncccc1OCc1ccn(-c2ccccc2)n1. The Morgan fingerprint density at radius 3 is 2.74 bits per heavy atom. The molecule has 0 aliphatic carbocycles. The van der Waals surface area contributed by atoms with E-state index in [0.717, 1.165) is 11.4 Å². The summed E-state index contributed by atoms with van der Waals surface area (Å²) in [5.74, 6) is -0.163. The molecule has 6 heteroatoms. The van der Waals surface area contributed by atoms with Crippen LogP contribution in [0.25, 0.3) is 5.69 Å². The molecule has 0 bridgehead atoms. The van der Waals surface area contributed by atoms with Gasteiger partial charge in [0, 0.05) is 12.4 Å². The Morgan fingerprint density at radius 1 is 1.13 bits per heavy atom. The molecule has 0 spiro atoms. The Kier molecular flexibility index (Phi) is 4.33. The first kappa shape index (κ1) is 14.8. The number of aromatic nitrogens is 3. The molecular formula is C17H15N3O3. The van der Waals surface area contributed by atoms with Crippen LogP contribution < -0.4 is 4.74 Å². The fourth-order valence-electron chi connectivity index (χ4n) is 2.07. The van der Waals surface area contributed by atoms with Crippen molar-refractivity contribution in [3.05, 3.63) is 72.3 Å². The molecule has 0 unspecified atom stereocenters. The monoisotopic (exact) mass is 309 g/mol. The van der Waals surface area contributed by atoms with Crippen LogP contribution in [0.1, 0.15) is 16.2 Å². The van der Waals surface area contributed by atoms with Gasteiger partial charge in [-0.3, -0.25) is 0 Å². The molecule has 6 nitrogen and oxygen atoms in total. The molecule has 116 valence electrons. The highest BCUT2D eigenvalue weighted by atomic mass is 16.5. The summed E-state index contributed by atoms with van der Waals surface area (Å²) in [6.45, 7) is 0.232. The van der Waals surface area contributed by atoms with E-state index in [2.05, 4.69) is 14.8 Å². The summed E-state index contributed by atoms with van der Waals surface area (Å²) >= 11 is 0. The Morgan fingerprint density at radius 2 is 1.96 bits per heavy atom. The van der Waals surface area contributed by atoms with E-state index in [1.807, 2.05) is 42.6 Å². The first-order valence-corrected chi connectivity index (χ1v) is 7.04. The quantitative estimate of drug-likeness (QED) is 0.678.